The van der Waals surface area contributed by atoms with Crippen LogP contribution >= 0.6 is 22.6 Å². The van der Waals surface area contributed by atoms with Crippen LogP contribution in [0.3, 0.4) is 0 Å². The highest BCUT2D eigenvalue weighted by molar-refractivity contribution is 14.1. The minimum Gasteiger partial charge on any atom is -0.274 e. The lowest BCUT2D eigenvalue weighted by Crippen LogP contribution is -2.36. The van der Waals surface area contributed by atoms with Crippen LogP contribution in [0.2, 0.25) is 0 Å². The molecule has 2 fully saturated rings. The third-order valence-corrected chi connectivity index (χ3v) is 4.94. The fraction of sp³-hybridized carbons (Fsp3) is 0.467. The number of rotatable bonds is 1. The van der Waals surface area contributed by atoms with Crippen molar-refractivity contribution in [2.75, 3.05) is 4.90 Å². The second-order valence-electron chi connectivity index (χ2n) is 5.53. The molecule has 1 heterocycles. The molecule has 0 atom stereocenters. The van der Waals surface area contributed by atoms with Crippen molar-refractivity contribution in [1.29, 1.82) is 0 Å². The van der Waals surface area contributed by atoms with Gasteiger partial charge in [-0.1, -0.05) is 25.3 Å². The van der Waals surface area contributed by atoms with E-state index in [9.17, 15) is 9.59 Å². The number of anilines is 1. The predicted octanol–water partition coefficient (Wildman–Crippen LogP) is 3.51. The molecule has 19 heavy (non-hydrogen) atoms. The summed E-state index contributed by atoms with van der Waals surface area (Å²) in [6.07, 6.45) is 5.47. The lowest BCUT2D eigenvalue weighted by molar-refractivity contribution is -0.127. The molecule has 0 aromatic heterocycles. The summed E-state index contributed by atoms with van der Waals surface area (Å²) in [4.78, 5) is 26.4. The SMILES string of the molecule is O=C1CC2(CCCCC2)C(=O)N1c1cccc(I)c1. The highest BCUT2D eigenvalue weighted by atomic mass is 127. The Morgan fingerprint density at radius 1 is 1.11 bits per heavy atom. The maximum absolute atomic E-state index is 12.7. The molecule has 100 valence electrons. The first-order valence-corrected chi connectivity index (χ1v) is 7.83. The number of hydrogen-bond donors (Lipinski definition) is 0. The van der Waals surface area contributed by atoms with Gasteiger partial charge in [0.1, 0.15) is 0 Å². The van der Waals surface area contributed by atoms with Crippen LogP contribution in [0.15, 0.2) is 24.3 Å². The Hall–Kier alpha value is -0.910. The molecule has 3 nitrogen and oxygen atoms in total. The van der Waals surface area contributed by atoms with Gasteiger partial charge in [0.2, 0.25) is 11.8 Å². The van der Waals surface area contributed by atoms with Crippen molar-refractivity contribution in [2.24, 2.45) is 5.41 Å². The summed E-state index contributed by atoms with van der Waals surface area (Å²) < 4.78 is 1.04. The Morgan fingerprint density at radius 3 is 2.53 bits per heavy atom. The van der Waals surface area contributed by atoms with E-state index in [1.165, 1.54) is 11.3 Å². The van der Waals surface area contributed by atoms with Crippen LogP contribution in [0.5, 0.6) is 0 Å². The van der Waals surface area contributed by atoms with Crippen LogP contribution < -0.4 is 4.90 Å². The molecule has 0 radical (unpaired) electrons. The van der Waals surface area contributed by atoms with Crippen molar-refractivity contribution in [3.8, 4) is 0 Å². The Balaban J connectivity index is 1.95. The molecule has 1 spiro atoms. The zero-order chi connectivity index (χ0) is 13.5. The van der Waals surface area contributed by atoms with Crippen LogP contribution in [0.4, 0.5) is 5.69 Å². The maximum atomic E-state index is 12.7. The van der Waals surface area contributed by atoms with E-state index in [1.54, 1.807) is 0 Å². The summed E-state index contributed by atoms with van der Waals surface area (Å²) in [5.74, 6) is -0.00639. The van der Waals surface area contributed by atoms with Gasteiger partial charge < -0.3 is 0 Å². The molecule has 1 aromatic rings. The van der Waals surface area contributed by atoms with E-state index in [2.05, 4.69) is 22.6 Å². The number of benzene rings is 1. The van der Waals surface area contributed by atoms with Gasteiger partial charge in [-0.2, -0.15) is 0 Å². The van der Waals surface area contributed by atoms with Gasteiger partial charge >= 0.3 is 0 Å². The number of hydrogen-bond acceptors (Lipinski definition) is 2. The van der Waals surface area contributed by atoms with Gasteiger partial charge in [0.05, 0.1) is 11.1 Å². The van der Waals surface area contributed by atoms with Gasteiger partial charge in [0.15, 0.2) is 0 Å². The van der Waals surface area contributed by atoms with Gasteiger partial charge in [0.25, 0.3) is 0 Å². The molecular weight excluding hydrogens is 353 g/mol. The normalized spacial score (nSPS) is 22.3. The summed E-state index contributed by atoms with van der Waals surface area (Å²) in [7, 11) is 0. The monoisotopic (exact) mass is 369 g/mol. The average molecular weight is 369 g/mol. The van der Waals surface area contributed by atoms with Gasteiger partial charge in [-0.3, -0.25) is 14.5 Å². The first-order chi connectivity index (χ1) is 9.12. The lowest BCUT2D eigenvalue weighted by atomic mass is 9.73. The molecule has 2 aliphatic rings. The highest BCUT2D eigenvalue weighted by Crippen LogP contribution is 2.46. The molecule has 3 rings (SSSR count). The number of imide groups is 1. The van der Waals surface area contributed by atoms with E-state index >= 15 is 0 Å². The number of amides is 2. The molecule has 1 saturated heterocycles. The molecule has 1 aliphatic carbocycles. The predicted molar refractivity (Wildman–Crippen MR) is 81.8 cm³/mol. The second kappa shape index (κ2) is 4.89. The van der Waals surface area contributed by atoms with Crippen LogP contribution in [0.1, 0.15) is 38.5 Å². The largest absolute Gasteiger partial charge is 0.274 e. The number of halogens is 1. The zero-order valence-electron chi connectivity index (χ0n) is 10.7. The lowest BCUT2D eigenvalue weighted by Gasteiger charge is -2.30. The third kappa shape index (κ3) is 2.20. The topological polar surface area (TPSA) is 37.4 Å². The first-order valence-electron chi connectivity index (χ1n) is 6.75. The molecule has 0 unspecified atom stereocenters. The summed E-state index contributed by atoms with van der Waals surface area (Å²) in [5.41, 5.74) is 0.334. The van der Waals surface area contributed by atoms with E-state index < -0.39 is 5.41 Å². The van der Waals surface area contributed by atoms with E-state index in [-0.39, 0.29) is 11.8 Å². The molecule has 0 N–H and O–H groups in total. The number of carbonyl (C=O) groups excluding carboxylic acids is 2. The first kappa shape index (κ1) is 13.1. The summed E-state index contributed by atoms with van der Waals surface area (Å²) in [5, 5.41) is 0. The second-order valence-corrected chi connectivity index (χ2v) is 6.78. The fourth-order valence-electron chi connectivity index (χ4n) is 3.29. The van der Waals surface area contributed by atoms with Crippen LogP contribution in [-0.2, 0) is 9.59 Å². The minimum atomic E-state index is -0.392. The van der Waals surface area contributed by atoms with Crippen LogP contribution in [-0.4, -0.2) is 11.8 Å². The van der Waals surface area contributed by atoms with Crippen molar-refractivity contribution in [2.45, 2.75) is 38.5 Å². The Kier molecular flexibility index (Phi) is 3.37. The van der Waals surface area contributed by atoms with E-state index in [4.69, 9.17) is 0 Å². The Bertz CT molecular complexity index is 535. The molecule has 0 bridgehead atoms. The molecule has 1 aliphatic heterocycles. The molecule has 4 heteroatoms. The fourth-order valence-corrected chi connectivity index (χ4v) is 3.82. The quantitative estimate of drug-likeness (QED) is 0.561. The zero-order valence-corrected chi connectivity index (χ0v) is 12.9. The summed E-state index contributed by atoms with van der Waals surface area (Å²) in [6.45, 7) is 0. The maximum Gasteiger partial charge on any atom is 0.240 e. The molecule has 1 aromatic carbocycles. The van der Waals surface area contributed by atoms with Crippen molar-refractivity contribution < 1.29 is 9.59 Å². The smallest absolute Gasteiger partial charge is 0.240 e. The van der Waals surface area contributed by atoms with Gasteiger partial charge in [-0.15, -0.1) is 0 Å². The third-order valence-electron chi connectivity index (χ3n) is 4.27. The summed E-state index contributed by atoms with van der Waals surface area (Å²) >= 11 is 2.20. The van der Waals surface area contributed by atoms with Gasteiger partial charge in [-0.25, -0.2) is 0 Å². The van der Waals surface area contributed by atoms with E-state index in [1.807, 2.05) is 24.3 Å². The van der Waals surface area contributed by atoms with Crippen LogP contribution in [0.25, 0.3) is 0 Å². The Morgan fingerprint density at radius 2 is 1.84 bits per heavy atom. The standard InChI is InChI=1S/C15H16INO2/c16-11-5-4-6-12(9-11)17-13(18)10-15(14(17)19)7-2-1-3-8-15/h4-6,9H,1-3,7-8,10H2. The van der Waals surface area contributed by atoms with Crippen LogP contribution in [0, 0.1) is 8.99 Å². The van der Waals surface area contributed by atoms with E-state index in [0.29, 0.717) is 6.42 Å². The number of nitrogens with zero attached hydrogens (tertiary/aromatic N) is 1. The van der Waals surface area contributed by atoms with Gasteiger partial charge in [0, 0.05) is 9.99 Å². The van der Waals surface area contributed by atoms with Gasteiger partial charge in [-0.05, 0) is 53.6 Å². The Labute approximate surface area is 126 Å². The minimum absolute atomic E-state index is 0.0270. The summed E-state index contributed by atoms with van der Waals surface area (Å²) in [6, 6.07) is 7.60. The van der Waals surface area contributed by atoms with Crippen molar-refractivity contribution in [3.63, 3.8) is 0 Å². The number of carbonyl (C=O) groups is 2. The van der Waals surface area contributed by atoms with Crippen molar-refractivity contribution in [3.05, 3.63) is 27.8 Å². The highest BCUT2D eigenvalue weighted by Gasteiger charge is 2.51. The van der Waals surface area contributed by atoms with E-state index in [0.717, 1.165) is 34.9 Å². The van der Waals surface area contributed by atoms with Crippen molar-refractivity contribution >= 4 is 40.1 Å². The van der Waals surface area contributed by atoms with Crippen molar-refractivity contribution in [1.82, 2.24) is 0 Å². The molecule has 1 saturated carbocycles. The average Bonchev–Trinajstić information content (AvgIpc) is 2.62. The molecular formula is C15H16INO2. The molecule has 2 amide bonds.